The highest BCUT2D eigenvalue weighted by Gasteiger charge is 2.07. The molecule has 5 heteroatoms. The number of nitriles is 1. The fourth-order valence-electron chi connectivity index (χ4n) is 2.08. The van der Waals surface area contributed by atoms with Gasteiger partial charge in [-0.15, -0.1) is 0 Å². The minimum Gasteiger partial charge on any atom is -0.322 e. The standard InChI is InChI=1S/C16H12N4O/c17-8-7-11-1-5-14(6-2-11)19-16(21)12-3-4-13-10-18-20-15(13)9-12/h1-6,9-10H,7H2,(H,18,20)(H,19,21). The molecule has 0 atom stereocenters. The monoisotopic (exact) mass is 276 g/mol. The third-order valence-corrected chi connectivity index (χ3v) is 3.20. The van der Waals surface area contributed by atoms with Gasteiger partial charge in [0.15, 0.2) is 0 Å². The van der Waals surface area contributed by atoms with Gasteiger partial charge < -0.3 is 5.32 Å². The van der Waals surface area contributed by atoms with Gasteiger partial charge in [-0.25, -0.2) is 0 Å². The Labute approximate surface area is 121 Å². The number of aromatic amines is 1. The van der Waals surface area contributed by atoms with Crippen molar-refractivity contribution in [1.29, 1.82) is 5.26 Å². The van der Waals surface area contributed by atoms with Crippen LogP contribution in [0.2, 0.25) is 0 Å². The molecular weight excluding hydrogens is 264 g/mol. The maximum absolute atomic E-state index is 12.2. The average Bonchev–Trinajstić information content (AvgIpc) is 2.97. The van der Waals surface area contributed by atoms with Crippen molar-refractivity contribution in [3.8, 4) is 6.07 Å². The average molecular weight is 276 g/mol. The van der Waals surface area contributed by atoms with Gasteiger partial charge in [-0.1, -0.05) is 18.2 Å². The Hall–Kier alpha value is -3.13. The molecular formula is C16H12N4O. The second-order valence-electron chi connectivity index (χ2n) is 4.66. The molecule has 0 unspecified atom stereocenters. The van der Waals surface area contributed by atoms with E-state index < -0.39 is 0 Å². The summed E-state index contributed by atoms with van der Waals surface area (Å²) < 4.78 is 0. The lowest BCUT2D eigenvalue weighted by Crippen LogP contribution is -2.11. The first-order valence-electron chi connectivity index (χ1n) is 6.46. The first kappa shape index (κ1) is 12.9. The van der Waals surface area contributed by atoms with Crippen molar-refractivity contribution in [2.45, 2.75) is 6.42 Å². The molecule has 0 saturated carbocycles. The first-order chi connectivity index (χ1) is 10.3. The highest BCUT2D eigenvalue weighted by atomic mass is 16.1. The predicted molar refractivity (Wildman–Crippen MR) is 79.8 cm³/mol. The number of anilines is 1. The van der Waals surface area contributed by atoms with Crippen molar-refractivity contribution in [2.24, 2.45) is 0 Å². The van der Waals surface area contributed by atoms with Gasteiger partial charge in [0.2, 0.25) is 0 Å². The summed E-state index contributed by atoms with van der Waals surface area (Å²) in [7, 11) is 0. The van der Waals surface area contributed by atoms with Gasteiger partial charge in [0, 0.05) is 16.6 Å². The van der Waals surface area contributed by atoms with Gasteiger partial charge in [0.05, 0.1) is 24.2 Å². The Balaban J connectivity index is 1.77. The maximum atomic E-state index is 12.2. The molecule has 0 spiro atoms. The summed E-state index contributed by atoms with van der Waals surface area (Å²) in [6, 6.07) is 14.7. The fraction of sp³-hybridized carbons (Fsp3) is 0.0625. The third-order valence-electron chi connectivity index (χ3n) is 3.20. The number of aromatic nitrogens is 2. The van der Waals surface area contributed by atoms with Crippen LogP contribution in [-0.4, -0.2) is 16.1 Å². The van der Waals surface area contributed by atoms with E-state index in [1.165, 1.54) is 0 Å². The molecule has 0 fully saturated rings. The first-order valence-corrected chi connectivity index (χ1v) is 6.46. The molecule has 1 aromatic heterocycles. The van der Waals surface area contributed by atoms with Gasteiger partial charge in [-0.2, -0.15) is 10.4 Å². The highest BCUT2D eigenvalue weighted by Crippen LogP contribution is 2.15. The normalized spacial score (nSPS) is 10.2. The van der Waals surface area contributed by atoms with E-state index >= 15 is 0 Å². The molecule has 0 aliphatic rings. The molecule has 102 valence electrons. The third kappa shape index (κ3) is 2.74. The van der Waals surface area contributed by atoms with Crippen molar-refractivity contribution in [2.75, 3.05) is 5.32 Å². The summed E-state index contributed by atoms with van der Waals surface area (Å²) in [5.41, 5.74) is 3.01. The van der Waals surface area contributed by atoms with Crippen LogP contribution in [0.5, 0.6) is 0 Å². The number of carbonyl (C=O) groups excluding carboxylic acids is 1. The summed E-state index contributed by atoms with van der Waals surface area (Å²) in [5.74, 6) is -0.181. The van der Waals surface area contributed by atoms with Crippen LogP contribution in [0.15, 0.2) is 48.7 Å². The van der Waals surface area contributed by atoms with Crippen molar-refractivity contribution < 1.29 is 4.79 Å². The zero-order valence-electron chi connectivity index (χ0n) is 11.1. The van der Waals surface area contributed by atoms with Gasteiger partial charge >= 0.3 is 0 Å². The van der Waals surface area contributed by atoms with E-state index in [4.69, 9.17) is 5.26 Å². The Bertz CT molecular complexity index is 827. The summed E-state index contributed by atoms with van der Waals surface area (Å²) in [5, 5.41) is 19.2. The van der Waals surface area contributed by atoms with E-state index in [2.05, 4.69) is 21.6 Å². The fourth-order valence-corrected chi connectivity index (χ4v) is 2.08. The highest BCUT2D eigenvalue weighted by molar-refractivity contribution is 6.06. The summed E-state index contributed by atoms with van der Waals surface area (Å²) in [6.07, 6.45) is 2.08. The minimum atomic E-state index is -0.181. The molecule has 21 heavy (non-hydrogen) atoms. The molecule has 0 radical (unpaired) electrons. The lowest BCUT2D eigenvalue weighted by Gasteiger charge is -2.06. The largest absolute Gasteiger partial charge is 0.322 e. The van der Waals surface area contributed by atoms with E-state index in [1.807, 2.05) is 18.2 Å². The number of carbonyl (C=O) groups is 1. The zero-order valence-corrected chi connectivity index (χ0v) is 11.1. The van der Waals surface area contributed by atoms with Crippen molar-refractivity contribution >= 4 is 22.5 Å². The van der Waals surface area contributed by atoms with Gasteiger partial charge in [0.1, 0.15) is 0 Å². The van der Waals surface area contributed by atoms with Gasteiger partial charge in [0.25, 0.3) is 5.91 Å². The van der Waals surface area contributed by atoms with Crippen LogP contribution in [0.25, 0.3) is 10.9 Å². The topological polar surface area (TPSA) is 81.6 Å². The van der Waals surface area contributed by atoms with Crippen molar-refractivity contribution in [3.63, 3.8) is 0 Å². The summed E-state index contributed by atoms with van der Waals surface area (Å²) in [4.78, 5) is 12.2. The van der Waals surface area contributed by atoms with Crippen LogP contribution < -0.4 is 5.32 Å². The van der Waals surface area contributed by atoms with Crippen LogP contribution in [-0.2, 0) is 6.42 Å². The predicted octanol–water partition coefficient (Wildman–Crippen LogP) is 2.88. The van der Waals surface area contributed by atoms with Crippen molar-refractivity contribution in [1.82, 2.24) is 10.2 Å². The molecule has 0 aliphatic heterocycles. The van der Waals surface area contributed by atoms with E-state index in [9.17, 15) is 4.79 Å². The molecule has 2 N–H and O–H groups in total. The van der Waals surface area contributed by atoms with Gasteiger partial charge in [-0.3, -0.25) is 9.89 Å². The summed E-state index contributed by atoms with van der Waals surface area (Å²) in [6.45, 7) is 0. The number of rotatable bonds is 3. The van der Waals surface area contributed by atoms with Gasteiger partial charge in [-0.05, 0) is 29.8 Å². The quantitative estimate of drug-likeness (QED) is 0.771. The molecule has 3 aromatic rings. The van der Waals surface area contributed by atoms with Crippen LogP contribution in [0.3, 0.4) is 0 Å². The second-order valence-corrected chi connectivity index (χ2v) is 4.66. The molecule has 0 aliphatic carbocycles. The molecule has 1 heterocycles. The van der Waals surface area contributed by atoms with E-state index in [0.29, 0.717) is 17.7 Å². The lowest BCUT2D eigenvalue weighted by molar-refractivity contribution is 0.102. The number of amides is 1. The van der Waals surface area contributed by atoms with E-state index in [0.717, 1.165) is 16.5 Å². The molecule has 0 saturated heterocycles. The molecule has 1 amide bonds. The SMILES string of the molecule is N#CCc1ccc(NC(=O)c2ccc3cn[nH]c3c2)cc1. The minimum absolute atomic E-state index is 0.181. The lowest BCUT2D eigenvalue weighted by atomic mass is 10.1. The summed E-state index contributed by atoms with van der Waals surface area (Å²) >= 11 is 0. The molecule has 5 nitrogen and oxygen atoms in total. The van der Waals surface area contributed by atoms with Crippen LogP contribution in [0.4, 0.5) is 5.69 Å². The smallest absolute Gasteiger partial charge is 0.255 e. The maximum Gasteiger partial charge on any atom is 0.255 e. The second kappa shape index (κ2) is 5.47. The Kier molecular flexibility index (Phi) is 3.36. The molecule has 2 aromatic carbocycles. The van der Waals surface area contributed by atoms with Crippen LogP contribution in [0, 0.1) is 11.3 Å². The number of hydrogen-bond acceptors (Lipinski definition) is 3. The van der Waals surface area contributed by atoms with Crippen LogP contribution in [0.1, 0.15) is 15.9 Å². The van der Waals surface area contributed by atoms with Crippen molar-refractivity contribution in [3.05, 3.63) is 59.8 Å². The molecule has 3 rings (SSSR count). The Morgan fingerprint density at radius 3 is 2.81 bits per heavy atom. The molecule has 0 bridgehead atoms. The number of nitrogens with one attached hydrogen (secondary N) is 2. The number of fused-ring (bicyclic) bond motifs is 1. The number of H-pyrrole nitrogens is 1. The van der Waals surface area contributed by atoms with E-state index in [-0.39, 0.29) is 5.91 Å². The number of hydrogen-bond donors (Lipinski definition) is 2. The Morgan fingerprint density at radius 2 is 2.05 bits per heavy atom. The van der Waals surface area contributed by atoms with Crippen LogP contribution >= 0.6 is 0 Å². The number of nitrogens with zero attached hydrogens (tertiary/aromatic N) is 2. The zero-order chi connectivity index (χ0) is 14.7. The Morgan fingerprint density at radius 1 is 1.24 bits per heavy atom. The van der Waals surface area contributed by atoms with E-state index in [1.54, 1.807) is 30.5 Å². The number of benzene rings is 2.